The molecule has 3 nitrogen and oxygen atoms in total. The minimum absolute atomic E-state index is 0.409. The second-order valence-corrected chi connectivity index (χ2v) is 6.36. The van der Waals surface area contributed by atoms with Gasteiger partial charge in [0.1, 0.15) is 0 Å². The summed E-state index contributed by atoms with van der Waals surface area (Å²) in [6, 6.07) is 7.23. The van der Waals surface area contributed by atoms with E-state index >= 15 is 0 Å². The first kappa shape index (κ1) is 14.1. The maximum absolute atomic E-state index is 5.92. The van der Waals surface area contributed by atoms with Gasteiger partial charge >= 0.3 is 0 Å². The van der Waals surface area contributed by atoms with Gasteiger partial charge in [-0.05, 0) is 50.4 Å². The lowest BCUT2D eigenvalue weighted by Gasteiger charge is -2.34. The highest BCUT2D eigenvalue weighted by atomic mass is 16.5. The van der Waals surface area contributed by atoms with Crippen molar-refractivity contribution in [1.29, 1.82) is 0 Å². The molecule has 2 fully saturated rings. The second-order valence-electron chi connectivity index (χ2n) is 6.36. The van der Waals surface area contributed by atoms with E-state index in [4.69, 9.17) is 4.74 Å². The topological polar surface area (TPSA) is 24.5 Å². The monoisotopic (exact) mass is 274 g/mol. The number of nitrogens with one attached hydrogen (secondary N) is 1. The van der Waals surface area contributed by atoms with Gasteiger partial charge in [-0.15, -0.1) is 0 Å². The number of rotatable bonds is 4. The molecule has 2 bridgehead atoms. The summed E-state index contributed by atoms with van der Waals surface area (Å²) in [5.74, 6) is 0. The molecule has 3 heteroatoms. The SMILES string of the molecule is CNC(CN1CC2CCC(C1)O2)c1ccc(C)c(C)c1. The predicted octanol–water partition coefficient (Wildman–Crippen LogP) is 2.43. The maximum atomic E-state index is 5.92. The number of hydrogen-bond acceptors (Lipinski definition) is 3. The molecule has 2 aliphatic heterocycles. The number of likely N-dealkylation sites (N-methyl/N-ethyl adjacent to an activating group) is 1. The average molecular weight is 274 g/mol. The Morgan fingerprint density at radius 2 is 1.90 bits per heavy atom. The summed E-state index contributed by atoms with van der Waals surface area (Å²) < 4.78 is 5.92. The molecular weight excluding hydrogens is 248 g/mol. The third kappa shape index (κ3) is 2.90. The average Bonchev–Trinajstić information content (AvgIpc) is 2.78. The molecule has 3 rings (SSSR count). The van der Waals surface area contributed by atoms with Gasteiger partial charge in [-0.3, -0.25) is 4.90 Å². The molecule has 3 atom stereocenters. The van der Waals surface area contributed by atoms with Crippen molar-refractivity contribution in [1.82, 2.24) is 10.2 Å². The van der Waals surface area contributed by atoms with Crippen LogP contribution in [0.1, 0.15) is 35.6 Å². The highest BCUT2D eigenvalue weighted by molar-refractivity contribution is 5.31. The van der Waals surface area contributed by atoms with Gasteiger partial charge in [-0.2, -0.15) is 0 Å². The van der Waals surface area contributed by atoms with Crippen molar-refractivity contribution in [2.75, 3.05) is 26.7 Å². The number of fused-ring (bicyclic) bond motifs is 2. The Bertz CT molecular complexity index is 462. The van der Waals surface area contributed by atoms with E-state index in [2.05, 4.69) is 49.3 Å². The molecule has 2 aliphatic rings. The molecule has 110 valence electrons. The highest BCUT2D eigenvalue weighted by Crippen LogP contribution is 2.27. The van der Waals surface area contributed by atoms with Crippen molar-refractivity contribution in [2.24, 2.45) is 0 Å². The van der Waals surface area contributed by atoms with E-state index in [0.717, 1.165) is 19.6 Å². The van der Waals surface area contributed by atoms with Crippen LogP contribution in [-0.2, 0) is 4.74 Å². The Hall–Kier alpha value is -0.900. The summed E-state index contributed by atoms with van der Waals surface area (Å²) in [7, 11) is 2.06. The van der Waals surface area contributed by atoms with Crippen LogP contribution in [0.15, 0.2) is 18.2 Å². The fourth-order valence-corrected chi connectivity index (χ4v) is 3.45. The van der Waals surface area contributed by atoms with Crippen molar-refractivity contribution >= 4 is 0 Å². The summed E-state index contributed by atoms with van der Waals surface area (Å²) in [5.41, 5.74) is 4.15. The number of ether oxygens (including phenoxy) is 1. The zero-order valence-corrected chi connectivity index (χ0v) is 12.9. The van der Waals surface area contributed by atoms with Gasteiger partial charge in [0.05, 0.1) is 12.2 Å². The highest BCUT2D eigenvalue weighted by Gasteiger charge is 2.34. The molecule has 1 N–H and O–H groups in total. The third-order valence-electron chi connectivity index (χ3n) is 4.84. The Balaban J connectivity index is 1.68. The van der Waals surface area contributed by atoms with E-state index in [1.807, 2.05) is 0 Å². The van der Waals surface area contributed by atoms with E-state index in [1.54, 1.807) is 0 Å². The van der Waals surface area contributed by atoms with Gasteiger partial charge in [0.15, 0.2) is 0 Å². The van der Waals surface area contributed by atoms with E-state index in [0.29, 0.717) is 18.2 Å². The fourth-order valence-electron chi connectivity index (χ4n) is 3.45. The molecule has 3 unspecified atom stereocenters. The van der Waals surface area contributed by atoms with E-state index in [-0.39, 0.29) is 0 Å². The lowest BCUT2D eigenvalue weighted by molar-refractivity contribution is -0.0405. The van der Waals surface area contributed by atoms with Gasteiger partial charge < -0.3 is 10.1 Å². The third-order valence-corrected chi connectivity index (χ3v) is 4.84. The van der Waals surface area contributed by atoms with Crippen LogP contribution >= 0.6 is 0 Å². The van der Waals surface area contributed by atoms with Crippen LogP contribution in [0.5, 0.6) is 0 Å². The molecule has 2 heterocycles. The van der Waals surface area contributed by atoms with Crippen LogP contribution in [0, 0.1) is 13.8 Å². The minimum atomic E-state index is 0.409. The standard InChI is InChI=1S/C17H26N2O/c1-12-4-5-14(8-13(12)2)17(18-3)11-19-9-15-6-7-16(10-19)20-15/h4-5,8,15-18H,6-7,9-11H2,1-3H3. The van der Waals surface area contributed by atoms with E-state index < -0.39 is 0 Å². The van der Waals surface area contributed by atoms with E-state index in [9.17, 15) is 0 Å². The number of likely N-dealkylation sites (tertiary alicyclic amines) is 1. The molecule has 1 aromatic carbocycles. The Labute approximate surface area is 122 Å². The Kier molecular flexibility index (Phi) is 4.11. The summed E-state index contributed by atoms with van der Waals surface area (Å²) in [6.07, 6.45) is 3.45. The van der Waals surface area contributed by atoms with Crippen molar-refractivity contribution < 1.29 is 4.74 Å². The first-order valence-corrected chi connectivity index (χ1v) is 7.78. The van der Waals surface area contributed by atoms with Gasteiger partial charge in [0, 0.05) is 25.7 Å². The molecule has 1 aromatic rings. The lowest BCUT2D eigenvalue weighted by atomic mass is 10.0. The summed E-state index contributed by atoms with van der Waals surface area (Å²) in [4.78, 5) is 2.57. The Morgan fingerprint density at radius 1 is 1.20 bits per heavy atom. The van der Waals surface area contributed by atoms with Crippen LogP contribution in [0.2, 0.25) is 0 Å². The maximum Gasteiger partial charge on any atom is 0.0707 e. The normalized spacial score (nSPS) is 27.8. The van der Waals surface area contributed by atoms with Gasteiger partial charge in [-0.1, -0.05) is 18.2 Å². The first-order valence-electron chi connectivity index (χ1n) is 7.78. The number of benzene rings is 1. The first-order chi connectivity index (χ1) is 9.65. The zero-order valence-electron chi connectivity index (χ0n) is 12.9. The van der Waals surface area contributed by atoms with Crippen molar-refractivity contribution in [2.45, 2.75) is 44.9 Å². The van der Waals surface area contributed by atoms with Gasteiger partial charge in [0.2, 0.25) is 0 Å². The second kappa shape index (κ2) is 5.84. The van der Waals surface area contributed by atoms with E-state index in [1.165, 1.54) is 29.5 Å². The number of aryl methyl sites for hydroxylation is 2. The quantitative estimate of drug-likeness (QED) is 0.912. The smallest absolute Gasteiger partial charge is 0.0707 e. The largest absolute Gasteiger partial charge is 0.372 e. The predicted molar refractivity (Wildman–Crippen MR) is 82.1 cm³/mol. The molecule has 0 radical (unpaired) electrons. The molecule has 0 saturated carbocycles. The Morgan fingerprint density at radius 3 is 2.50 bits per heavy atom. The van der Waals surface area contributed by atoms with Gasteiger partial charge in [0.25, 0.3) is 0 Å². The van der Waals surface area contributed by atoms with Crippen molar-refractivity contribution in [3.8, 4) is 0 Å². The lowest BCUT2D eigenvalue weighted by Crippen LogP contribution is -2.45. The number of nitrogens with zero attached hydrogens (tertiary/aromatic N) is 1. The van der Waals surface area contributed by atoms with Crippen molar-refractivity contribution in [3.05, 3.63) is 34.9 Å². The van der Waals surface area contributed by atoms with Crippen molar-refractivity contribution in [3.63, 3.8) is 0 Å². The summed E-state index contributed by atoms with van der Waals surface area (Å²) in [6.45, 7) is 7.64. The molecule has 0 aromatic heterocycles. The molecule has 0 spiro atoms. The molecule has 0 amide bonds. The van der Waals surface area contributed by atoms with Gasteiger partial charge in [-0.25, -0.2) is 0 Å². The number of hydrogen-bond donors (Lipinski definition) is 1. The van der Waals surface area contributed by atoms with Crippen LogP contribution in [0.4, 0.5) is 0 Å². The van der Waals surface area contributed by atoms with Crippen LogP contribution in [0.3, 0.4) is 0 Å². The van der Waals surface area contributed by atoms with Crippen LogP contribution < -0.4 is 5.32 Å². The minimum Gasteiger partial charge on any atom is -0.372 e. The molecule has 2 saturated heterocycles. The van der Waals surface area contributed by atoms with Crippen LogP contribution in [0.25, 0.3) is 0 Å². The number of morpholine rings is 1. The fraction of sp³-hybridized carbons (Fsp3) is 0.647. The van der Waals surface area contributed by atoms with Crippen LogP contribution in [-0.4, -0.2) is 43.8 Å². The summed E-state index contributed by atoms with van der Waals surface area (Å²) >= 11 is 0. The molecule has 0 aliphatic carbocycles. The summed E-state index contributed by atoms with van der Waals surface area (Å²) in [5, 5.41) is 3.48. The molecule has 20 heavy (non-hydrogen) atoms. The zero-order chi connectivity index (χ0) is 14.1. The molecular formula is C17H26N2O.